The molecule has 0 atom stereocenters. The van der Waals surface area contributed by atoms with Crippen molar-refractivity contribution in [3.8, 4) is 16.9 Å². The van der Waals surface area contributed by atoms with Crippen LogP contribution in [0, 0.1) is 18.8 Å². The Balaban J connectivity index is 1.19. The number of hydrogen-bond acceptors (Lipinski definition) is 5. The van der Waals surface area contributed by atoms with Crippen LogP contribution in [0.1, 0.15) is 94.0 Å². The average Bonchev–Trinajstić information content (AvgIpc) is 3.72. The first kappa shape index (κ1) is 26.0. The number of pyridine rings is 2. The van der Waals surface area contributed by atoms with Gasteiger partial charge in [-0.25, -0.2) is 4.98 Å². The van der Waals surface area contributed by atoms with E-state index in [0.29, 0.717) is 17.9 Å². The van der Waals surface area contributed by atoms with Crippen LogP contribution in [-0.2, 0) is 4.79 Å². The molecular formula is C32H41N5O2. The maximum atomic E-state index is 14.0. The van der Waals surface area contributed by atoms with Crippen molar-refractivity contribution >= 4 is 11.7 Å². The molecule has 3 aromatic rings. The first-order chi connectivity index (χ1) is 19.1. The Labute approximate surface area is 232 Å². The smallest absolute Gasteiger partial charge is 0.231 e. The predicted octanol–water partition coefficient (Wildman–Crippen LogP) is 6.88. The van der Waals surface area contributed by atoms with Gasteiger partial charge in [0.2, 0.25) is 5.91 Å². The van der Waals surface area contributed by atoms with Crippen molar-refractivity contribution in [3.05, 3.63) is 54.2 Å². The maximum absolute atomic E-state index is 14.0. The number of amides is 1. The van der Waals surface area contributed by atoms with Crippen LogP contribution in [-0.4, -0.2) is 39.3 Å². The van der Waals surface area contributed by atoms with Crippen molar-refractivity contribution in [2.75, 3.05) is 18.6 Å². The molecule has 3 aliphatic carbocycles. The van der Waals surface area contributed by atoms with Crippen molar-refractivity contribution in [1.82, 2.24) is 19.7 Å². The quantitative estimate of drug-likeness (QED) is 0.319. The van der Waals surface area contributed by atoms with E-state index in [9.17, 15) is 4.79 Å². The molecule has 0 aromatic carbocycles. The fraction of sp³-hybridized carbons (Fsp3) is 0.562. The summed E-state index contributed by atoms with van der Waals surface area (Å²) in [5, 5.41) is 4.58. The van der Waals surface area contributed by atoms with Crippen LogP contribution >= 0.6 is 0 Å². The van der Waals surface area contributed by atoms with E-state index >= 15 is 0 Å². The number of carbonyl (C=O) groups excluding carboxylic acids is 1. The van der Waals surface area contributed by atoms with E-state index in [4.69, 9.17) is 14.7 Å². The molecule has 206 valence electrons. The monoisotopic (exact) mass is 527 g/mol. The summed E-state index contributed by atoms with van der Waals surface area (Å²) >= 11 is 0. The van der Waals surface area contributed by atoms with Gasteiger partial charge in [-0.2, -0.15) is 5.10 Å². The Morgan fingerprint density at radius 1 is 1.00 bits per heavy atom. The normalized spacial score (nSPS) is 22.0. The fourth-order valence-corrected chi connectivity index (χ4v) is 6.55. The van der Waals surface area contributed by atoms with Gasteiger partial charge in [0.05, 0.1) is 25.0 Å². The van der Waals surface area contributed by atoms with Crippen molar-refractivity contribution in [3.63, 3.8) is 0 Å². The number of rotatable bonds is 8. The third-order valence-corrected chi connectivity index (χ3v) is 9.08. The Morgan fingerprint density at radius 2 is 1.79 bits per heavy atom. The number of hydrogen-bond donors (Lipinski definition) is 0. The standard InChI is InChI=1S/C32H41N5O2/c1-22-30(39-2)15-14-29(35-22)24-10-8-23(9-11-24)20-36(32(38)25-6-4-3-5-7-25)31-18-26(16-17-33-31)27-19-34-37(21-27)28-12-13-28/h14-19,21,23-25,28H,3-13,20H2,1-2H3. The van der Waals surface area contributed by atoms with Crippen LogP contribution in [0.4, 0.5) is 5.82 Å². The number of carbonyl (C=O) groups is 1. The van der Waals surface area contributed by atoms with E-state index in [-0.39, 0.29) is 11.8 Å². The molecule has 7 heteroatoms. The van der Waals surface area contributed by atoms with Gasteiger partial charge in [0, 0.05) is 42.0 Å². The molecule has 0 radical (unpaired) electrons. The number of ether oxygens (including phenoxy) is 1. The number of methoxy groups -OCH3 is 1. The van der Waals surface area contributed by atoms with Gasteiger partial charge < -0.3 is 4.74 Å². The van der Waals surface area contributed by atoms with Crippen LogP contribution in [0.5, 0.6) is 5.75 Å². The Kier molecular flexibility index (Phi) is 7.67. The first-order valence-corrected chi connectivity index (χ1v) is 14.9. The molecule has 3 aromatic heterocycles. The number of aromatic nitrogens is 4. The lowest BCUT2D eigenvalue weighted by Gasteiger charge is -2.34. The summed E-state index contributed by atoms with van der Waals surface area (Å²) in [5.41, 5.74) is 4.30. The molecule has 0 aliphatic heterocycles. The summed E-state index contributed by atoms with van der Waals surface area (Å²) in [6.45, 7) is 2.76. The minimum atomic E-state index is 0.115. The molecule has 0 spiro atoms. The third-order valence-electron chi connectivity index (χ3n) is 9.08. The molecule has 3 fully saturated rings. The van der Waals surface area contributed by atoms with Crippen molar-refractivity contribution in [2.45, 2.75) is 89.5 Å². The Morgan fingerprint density at radius 3 is 2.51 bits per heavy atom. The summed E-state index contributed by atoms with van der Waals surface area (Å²) in [4.78, 5) is 25.6. The molecule has 0 unspecified atom stereocenters. The van der Waals surface area contributed by atoms with Gasteiger partial charge in [0.1, 0.15) is 11.6 Å². The maximum Gasteiger partial charge on any atom is 0.231 e. The topological polar surface area (TPSA) is 73.1 Å². The lowest BCUT2D eigenvalue weighted by atomic mass is 9.79. The molecule has 3 heterocycles. The van der Waals surface area contributed by atoms with Crippen LogP contribution in [0.3, 0.4) is 0 Å². The van der Waals surface area contributed by atoms with E-state index in [2.05, 4.69) is 28.1 Å². The molecular weight excluding hydrogens is 486 g/mol. The second kappa shape index (κ2) is 11.5. The average molecular weight is 528 g/mol. The highest BCUT2D eigenvalue weighted by atomic mass is 16.5. The largest absolute Gasteiger partial charge is 0.495 e. The lowest BCUT2D eigenvalue weighted by Crippen LogP contribution is -2.41. The highest BCUT2D eigenvalue weighted by Crippen LogP contribution is 2.38. The number of aryl methyl sites for hydroxylation is 1. The molecule has 1 amide bonds. The Hall–Kier alpha value is -3.22. The van der Waals surface area contributed by atoms with Crippen LogP contribution in [0.25, 0.3) is 11.1 Å². The summed E-state index contributed by atoms with van der Waals surface area (Å²) in [5.74, 6) is 2.96. The van der Waals surface area contributed by atoms with E-state index in [1.54, 1.807) is 7.11 Å². The highest BCUT2D eigenvalue weighted by Gasteiger charge is 2.32. The third kappa shape index (κ3) is 5.87. The summed E-state index contributed by atoms with van der Waals surface area (Å²) in [6.07, 6.45) is 18.3. The second-order valence-corrected chi connectivity index (χ2v) is 11.9. The van der Waals surface area contributed by atoms with E-state index in [1.165, 1.54) is 25.0 Å². The SMILES string of the molecule is COc1ccc(C2CCC(CN(C(=O)C3CCCCC3)c3cc(-c4cnn(C5CC5)c4)ccn3)CC2)nc1C. The number of anilines is 1. The van der Waals surface area contributed by atoms with Gasteiger partial charge in [-0.05, 0) is 94.0 Å². The van der Waals surface area contributed by atoms with Gasteiger partial charge in [-0.3, -0.25) is 19.4 Å². The first-order valence-electron chi connectivity index (χ1n) is 14.9. The lowest BCUT2D eigenvalue weighted by molar-refractivity contribution is -0.123. The van der Waals surface area contributed by atoms with Gasteiger partial charge in [-0.1, -0.05) is 19.3 Å². The highest BCUT2D eigenvalue weighted by molar-refractivity contribution is 5.94. The van der Waals surface area contributed by atoms with Gasteiger partial charge in [-0.15, -0.1) is 0 Å². The summed E-state index contributed by atoms with van der Waals surface area (Å²) < 4.78 is 7.48. The summed E-state index contributed by atoms with van der Waals surface area (Å²) in [6, 6.07) is 8.86. The van der Waals surface area contributed by atoms with Gasteiger partial charge >= 0.3 is 0 Å². The zero-order valence-corrected chi connectivity index (χ0v) is 23.4. The van der Waals surface area contributed by atoms with E-state index in [0.717, 1.165) is 86.3 Å². The second-order valence-electron chi connectivity index (χ2n) is 11.9. The van der Waals surface area contributed by atoms with E-state index in [1.807, 2.05) is 36.4 Å². The number of nitrogens with zero attached hydrogens (tertiary/aromatic N) is 5. The predicted molar refractivity (Wildman–Crippen MR) is 153 cm³/mol. The molecule has 3 saturated carbocycles. The minimum Gasteiger partial charge on any atom is -0.495 e. The van der Waals surface area contributed by atoms with E-state index < -0.39 is 0 Å². The minimum absolute atomic E-state index is 0.115. The van der Waals surface area contributed by atoms with Crippen LogP contribution < -0.4 is 9.64 Å². The molecule has 3 aliphatic rings. The molecule has 0 bridgehead atoms. The van der Waals surface area contributed by atoms with Gasteiger partial charge in [0.25, 0.3) is 0 Å². The zero-order chi connectivity index (χ0) is 26.8. The van der Waals surface area contributed by atoms with Gasteiger partial charge in [0.15, 0.2) is 0 Å². The Bertz CT molecular complexity index is 1290. The molecule has 7 nitrogen and oxygen atoms in total. The zero-order valence-electron chi connectivity index (χ0n) is 23.4. The summed E-state index contributed by atoms with van der Waals surface area (Å²) in [7, 11) is 1.70. The molecule has 0 N–H and O–H groups in total. The van der Waals surface area contributed by atoms with Crippen molar-refractivity contribution < 1.29 is 9.53 Å². The van der Waals surface area contributed by atoms with Crippen molar-refractivity contribution in [2.24, 2.45) is 11.8 Å². The van der Waals surface area contributed by atoms with Crippen LogP contribution in [0.15, 0.2) is 42.9 Å². The fourth-order valence-electron chi connectivity index (χ4n) is 6.55. The molecule has 39 heavy (non-hydrogen) atoms. The van der Waals surface area contributed by atoms with Crippen LogP contribution in [0.2, 0.25) is 0 Å². The van der Waals surface area contributed by atoms with Crippen molar-refractivity contribution in [1.29, 1.82) is 0 Å². The molecule has 0 saturated heterocycles. The molecule has 6 rings (SSSR count).